The SMILES string of the molecule is NC(=O)c1c(NC(=O)NCCCCN2CCCC2)sc2c1CCN(Cc1cc(F)cc(F)c1)C2. The Balaban J connectivity index is 1.32. The molecular formula is C24H31F2N5O2S. The predicted molar refractivity (Wildman–Crippen MR) is 129 cm³/mol. The first-order valence-electron chi connectivity index (χ1n) is 11.8. The molecule has 10 heteroatoms. The topological polar surface area (TPSA) is 90.7 Å². The van der Waals surface area contributed by atoms with Gasteiger partial charge in [0.25, 0.3) is 5.91 Å². The summed E-state index contributed by atoms with van der Waals surface area (Å²) >= 11 is 1.33. The number of halogens is 2. The number of thiophene rings is 1. The molecule has 2 aliphatic rings. The van der Waals surface area contributed by atoms with Crippen LogP contribution in [-0.4, -0.2) is 54.5 Å². The lowest BCUT2D eigenvalue weighted by Crippen LogP contribution is -2.31. The number of amides is 3. The van der Waals surface area contributed by atoms with E-state index in [1.54, 1.807) is 0 Å². The molecule has 0 atom stereocenters. The maximum absolute atomic E-state index is 13.5. The van der Waals surface area contributed by atoms with Crippen molar-refractivity contribution in [3.8, 4) is 0 Å². The van der Waals surface area contributed by atoms with Gasteiger partial charge in [0.15, 0.2) is 0 Å². The number of hydrogen-bond donors (Lipinski definition) is 3. The van der Waals surface area contributed by atoms with Crippen LogP contribution in [0.25, 0.3) is 0 Å². The third kappa shape index (κ3) is 6.31. The molecule has 0 spiro atoms. The minimum atomic E-state index is -0.603. The van der Waals surface area contributed by atoms with E-state index in [1.807, 2.05) is 0 Å². The molecule has 184 valence electrons. The van der Waals surface area contributed by atoms with E-state index in [9.17, 15) is 18.4 Å². The first-order valence-corrected chi connectivity index (χ1v) is 12.6. The summed E-state index contributed by atoms with van der Waals surface area (Å²) in [5.41, 5.74) is 7.40. The van der Waals surface area contributed by atoms with Crippen LogP contribution >= 0.6 is 11.3 Å². The molecule has 2 aromatic rings. The second kappa shape index (κ2) is 11.2. The highest BCUT2D eigenvalue weighted by Crippen LogP contribution is 2.37. The zero-order valence-corrected chi connectivity index (χ0v) is 20.0. The van der Waals surface area contributed by atoms with Gasteiger partial charge in [0, 0.05) is 37.1 Å². The Kier molecular flexibility index (Phi) is 8.12. The molecular weight excluding hydrogens is 460 g/mol. The molecule has 7 nitrogen and oxygen atoms in total. The Morgan fingerprint density at radius 3 is 2.47 bits per heavy atom. The van der Waals surface area contributed by atoms with Crippen LogP contribution in [0, 0.1) is 11.6 Å². The maximum atomic E-state index is 13.5. The largest absolute Gasteiger partial charge is 0.365 e. The number of urea groups is 1. The first kappa shape index (κ1) is 24.6. The van der Waals surface area contributed by atoms with Crippen LogP contribution in [0.3, 0.4) is 0 Å². The zero-order chi connectivity index (χ0) is 24.1. The van der Waals surface area contributed by atoms with Crippen molar-refractivity contribution < 1.29 is 18.4 Å². The third-order valence-corrected chi connectivity index (χ3v) is 7.46. The van der Waals surface area contributed by atoms with Crippen molar-refractivity contribution in [2.75, 3.05) is 38.0 Å². The summed E-state index contributed by atoms with van der Waals surface area (Å²) in [6, 6.07) is 3.15. The van der Waals surface area contributed by atoms with Crippen LogP contribution in [-0.2, 0) is 19.5 Å². The van der Waals surface area contributed by atoms with Gasteiger partial charge < -0.3 is 16.0 Å². The Hall–Kier alpha value is -2.56. The van der Waals surface area contributed by atoms with Crippen LogP contribution in [0.2, 0.25) is 0 Å². The lowest BCUT2D eigenvalue weighted by atomic mass is 10.0. The molecule has 1 aromatic heterocycles. The molecule has 4 rings (SSSR count). The van der Waals surface area contributed by atoms with E-state index >= 15 is 0 Å². The molecule has 3 heterocycles. The molecule has 1 aromatic carbocycles. The number of benzene rings is 1. The number of fused-ring (bicyclic) bond motifs is 1. The number of nitrogens with one attached hydrogen (secondary N) is 2. The highest BCUT2D eigenvalue weighted by atomic mass is 32.1. The second-order valence-electron chi connectivity index (χ2n) is 8.95. The molecule has 0 aliphatic carbocycles. The van der Waals surface area contributed by atoms with Crippen molar-refractivity contribution in [1.82, 2.24) is 15.1 Å². The quantitative estimate of drug-likeness (QED) is 0.467. The predicted octanol–water partition coefficient (Wildman–Crippen LogP) is 3.68. The number of carbonyl (C=O) groups is 2. The Morgan fingerprint density at radius 2 is 1.76 bits per heavy atom. The summed E-state index contributed by atoms with van der Waals surface area (Å²) in [5.74, 6) is -1.78. The van der Waals surface area contributed by atoms with E-state index < -0.39 is 17.5 Å². The van der Waals surface area contributed by atoms with Crippen molar-refractivity contribution in [3.63, 3.8) is 0 Å². The van der Waals surface area contributed by atoms with Crippen molar-refractivity contribution in [1.29, 1.82) is 0 Å². The number of anilines is 1. The summed E-state index contributed by atoms with van der Waals surface area (Å²) in [6.45, 7) is 5.48. The van der Waals surface area contributed by atoms with Gasteiger partial charge in [-0.2, -0.15) is 0 Å². The minimum Gasteiger partial charge on any atom is -0.365 e. The third-order valence-electron chi connectivity index (χ3n) is 6.32. The molecule has 3 amide bonds. The van der Waals surface area contributed by atoms with Crippen LogP contribution in [0.15, 0.2) is 18.2 Å². The molecule has 0 saturated carbocycles. The molecule has 1 fully saturated rings. The van der Waals surface area contributed by atoms with E-state index in [4.69, 9.17) is 5.73 Å². The number of nitrogens with two attached hydrogens (primary N) is 1. The van der Waals surface area contributed by atoms with E-state index in [0.29, 0.717) is 48.7 Å². The first-order chi connectivity index (χ1) is 16.4. The van der Waals surface area contributed by atoms with Gasteiger partial charge in [0.05, 0.1) is 5.56 Å². The minimum absolute atomic E-state index is 0.352. The van der Waals surface area contributed by atoms with Crippen molar-refractivity contribution in [2.24, 2.45) is 5.73 Å². The highest BCUT2D eigenvalue weighted by Gasteiger charge is 2.28. The van der Waals surface area contributed by atoms with Gasteiger partial charge in [-0.3, -0.25) is 15.0 Å². The molecule has 0 radical (unpaired) electrons. The lowest BCUT2D eigenvalue weighted by Gasteiger charge is -2.27. The van der Waals surface area contributed by atoms with Gasteiger partial charge in [0.1, 0.15) is 16.6 Å². The Morgan fingerprint density at radius 1 is 1.03 bits per heavy atom. The molecule has 2 aliphatic heterocycles. The summed E-state index contributed by atoms with van der Waals surface area (Å²) < 4.78 is 27.1. The number of hydrogen-bond acceptors (Lipinski definition) is 5. The number of primary amides is 1. The fraction of sp³-hybridized carbons (Fsp3) is 0.500. The smallest absolute Gasteiger partial charge is 0.319 e. The summed E-state index contributed by atoms with van der Waals surface area (Å²) in [5, 5.41) is 6.11. The Bertz CT molecular complexity index is 1020. The number of unbranched alkanes of at least 4 members (excludes halogenated alkanes) is 1. The number of likely N-dealkylation sites (tertiary alicyclic amines) is 1. The average Bonchev–Trinajstić information content (AvgIpc) is 3.39. The van der Waals surface area contributed by atoms with Gasteiger partial charge in [-0.25, -0.2) is 13.6 Å². The van der Waals surface area contributed by atoms with Crippen LogP contribution in [0.1, 0.15) is 52.0 Å². The monoisotopic (exact) mass is 491 g/mol. The van der Waals surface area contributed by atoms with Gasteiger partial charge >= 0.3 is 6.03 Å². The highest BCUT2D eigenvalue weighted by molar-refractivity contribution is 7.17. The number of nitrogens with zero attached hydrogens (tertiary/aromatic N) is 2. The van der Waals surface area contributed by atoms with Crippen LogP contribution in [0.4, 0.5) is 18.6 Å². The fourth-order valence-electron chi connectivity index (χ4n) is 4.72. The standard InChI is InChI=1S/C24H31F2N5O2S/c25-17-11-16(12-18(26)13-17)14-31-10-5-19-20(15-31)34-23(21(19)22(27)32)29-24(33)28-6-1-2-7-30-8-3-4-9-30/h11-13H,1-10,14-15H2,(H2,27,32)(H2,28,29,33). The number of carbonyl (C=O) groups excluding carboxylic acids is 2. The van der Waals surface area contributed by atoms with E-state index in [2.05, 4.69) is 20.4 Å². The molecule has 0 bridgehead atoms. The van der Waals surface area contributed by atoms with Crippen molar-refractivity contribution >= 4 is 28.3 Å². The summed E-state index contributed by atoms with van der Waals surface area (Å²) in [4.78, 5) is 30.0. The van der Waals surface area contributed by atoms with Crippen LogP contribution < -0.4 is 16.4 Å². The Labute approximate surface area is 202 Å². The van der Waals surface area contributed by atoms with Gasteiger partial charge in [0.2, 0.25) is 0 Å². The fourth-order valence-corrected chi connectivity index (χ4v) is 6.01. The summed E-state index contributed by atoms with van der Waals surface area (Å²) in [6.07, 6.45) is 5.04. The normalized spacial score (nSPS) is 16.4. The molecule has 4 N–H and O–H groups in total. The molecule has 34 heavy (non-hydrogen) atoms. The van der Waals surface area contributed by atoms with E-state index in [-0.39, 0.29) is 6.03 Å². The van der Waals surface area contributed by atoms with Gasteiger partial charge in [-0.1, -0.05) is 0 Å². The van der Waals surface area contributed by atoms with Gasteiger partial charge in [-0.05, 0) is 75.0 Å². The maximum Gasteiger partial charge on any atom is 0.319 e. The zero-order valence-electron chi connectivity index (χ0n) is 19.2. The van der Waals surface area contributed by atoms with Crippen molar-refractivity contribution in [2.45, 2.75) is 45.2 Å². The number of rotatable bonds is 9. The van der Waals surface area contributed by atoms with E-state index in [0.717, 1.165) is 35.9 Å². The van der Waals surface area contributed by atoms with E-state index in [1.165, 1.54) is 49.4 Å². The lowest BCUT2D eigenvalue weighted by molar-refractivity contribution is 0.0999. The van der Waals surface area contributed by atoms with Crippen LogP contribution in [0.5, 0.6) is 0 Å². The molecule has 0 unspecified atom stereocenters. The molecule has 1 saturated heterocycles. The summed E-state index contributed by atoms with van der Waals surface area (Å²) in [7, 11) is 0. The average molecular weight is 492 g/mol. The second-order valence-corrected chi connectivity index (χ2v) is 10.1. The van der Waals surface area contributed by atoms with Crippen molar-refractivity contribution in [3.05, 3.63) is 51.4 Å². The van der Waals surface area contributed by atoms with Gasteiger partial charge in [-0.15, -0.1) is 11.3 Å².